The topological polar surface area (TPSA) is 15.3 Å². The lowest BCUT2D eigenvalue weighted by atomic mass is 9.84. The number of benzene rings is 2. The van der Waals surface area contributed by atoms with Gasteiger partial charge in [0.1, 0.15) is 0 Å². The van der Waals surface area contributed by atoms with Crippen LogP contribution in [0.3, 0.4) is 0 Å². The zero-order chi connectivity index (χ0) is 18.8. The van der Waals surface area contributed by atoms with Crippen molar-refractivity contribution in [1.82, 2.24) is 5.32 Å². The molecule has 5 heteroatoms. The lowest BCUT2D eigenvalue weighted by Crippen LogP contribution is -2.46. The highest BCUT2D eigenvalue weighted by Gasteiger charge is 2.31. The number of hydrogen-bond acceptors (Lipinski definition) is 2. The molecule has 0 bridgehead atoms. The van der Waals surface area contributed by atoms with Crippen LogP contribution in [0, 0.1) is 5.92 Å². The Labute approximate surface area is 176 Å². The maximum absolute atomic E-state index is 6.54. The van der Waals surface area contributed by atoms with Gasteiger partial charge in [-0.1, -0.05) is 53.4 Å². The molecule has 0 amide bonds. The molecule has 2 aromatic carbocycles. The first kappa shape index (κ1) is 19.4. The van der Waals surface area contributed by atoms with Crippen LogP contribution in [0.2, 0.25) is 15.1 Å². The lowest BCUT2D eigenvalue weighted by Gasteiger charge is -2.42. The van der Waals surface area contributed by atoms with E-state index in [4.69, 9.17) is 34.8 Å². The average molecular weight is 424 g/mol. The van der Waals surface area contributed by atoms with Gasteiger partial charge >= 0.3 is 0 Å². The summed E-state index contributed by atoms with van der Waals surface area (Å²) in [5, 5.41) is 5.97. The number of piperidine rings is 1. The molecule has 27 heavy (non-hydrogen) atoms. The summed E-state index contributed by atoms with van der Waals surface area (Å²) in [7, 11) is 0. The van der Waals surface area contributed by atoms with Crippen LogP contribution in [0.4, 0.5) is 5.69 Å². The first-order chi connectivity index (χ1) is 13.1. The van der Waals surface area contributed by atoms with Crippen LogP contribution < -0.4 is 10.2 Å². The molecule has 2 unspecified atom stereocenters. The molecule has 1 aliphatic carbocycles. The van der Waals surface area contributed by atoms with E-state index in [0.29, 0.717) is 16.1 Å². The van der Waals surface area contributed by atoms with Gasteiger partial charge in [0, 0.05) is 22.6 Å². The molecule has 2 aromatic rings. The van der Waals surface area contributed by atoms with Crippen molar-refractivity contribution in [2.24, 2.45) is 5.92 Å². The summed E-state index contributed by atoms with van der Waals surface area (Å²) in [4.78, 5) is 2.42. The Morgan fingerprint density at radius 3 is 2.33 bits per heavy atom. The van der Waals surface area contributed by atoms with Gasteiger partial charge in [-0.3, -0.25) is 0 Å². The standard InChI is InChI=1S/C22H25Cl3N2/c23-17-6-4-16(5-7-17)22-13-19(26-14-15-2-1-3-15)10-11-27(22)21-9-8-18(24)12-20(21)25/h4-9,12,15,19,22,26H,1-3,10-11,13-14H2. The summed E-state index contributed by atoms with van der Waals surface area (Å²) in [5.41, 5.74) is 2.33. The largest absolute Gasteiger partial charge is 0.363 e. The molecule has 0 aromatic heterocycles. The highest BCUT2D eigenvalue weighted by atomic mass is 35.5. The fourth-order valence-electron chi connectivity index (χ4n) is 4.18. The van der Waals surface area contributed by atoms with Gasteiger partial charge in [0.15, 0.2) is 0 Å². The van der Waals surface area contributed by atoms with Crippen molar-refractivity contribution >= 4 is 40.5 Å². The van der Waals surface area contributed by atoms with Gasteiger partial charge in [0.25, 0.3) is 0 Å². The fourth-order valence-corrected chi connectivity index (χ4v) is 4.83. The predicted octanol–water partition coefficient (Wildman–Crippen LogP) is 6.75. The molecule has 4 rings (SSSR count). The molecule has 1 heterocycles. The third-order valence-corrected chi connectivity index (χ3v) is 6.79. The van der Waals surface area contributed by atoms with Crippen molar-refractivity contribution in [3.8, 4) is 0 Å². The summed E-state index contributed by atoms with van der Waals surface area (Å²) in [5.74, 6) is 0.878. The minimum atomic E-state index is 0.272. The Morgan fingerprint density at radius 1 is 0.926 bits per heavy atom. The summed E-state index contributed by atoms with van der Waals surface area (Å²) in [6.45, 7) is 2.12. The minimum Gasteiger partial charge on any atom is -0.363 e. The molecule has 2 aliphatic rings. The lowest BCUT2D eigenvalue weighted by molar-refractivity contribution is 0.268. The summed E-state index contributed by atoms with van der Waals surface area (Å²) in [6, 6.07) is 14.8. The quantitative estimate of drug-likeness (QED) is 0.572. The van der Waals surface area contributed by atoms with Gasteiger partial charge in [0.2, 0.25) is 0 Å². The first-order valence-corrected chi connectivity index (χ1v) is 10.9. The number of rotatable bonds is 5. The fraction of sp³-hybridized carbons (Fsp3) is 0.455. The van der Waals surface area contributed by atoms with Crippen molar-refractivity contribution < 1.29 is 0 Å². The van der Waals surface area contributed by atoms with Crippen LogP contribution in [0.1, 0.15) is 43.7 Å². The smallest absolute Gasteiger partial charge is 0.0654 e. The van der Waals surface area contributed by atoms with Gasteiger partial charge in [-0.2, -0.15) is 0 Å². The van der Waals surface area contributed by atoms with Gasteiger partial charge in [-0.15, -0.1) is 0 Å². The molecule has 1 saturated carbocycles. The van der Waals surface area contributed by atoms with E-state index >= 15 is 0 Å². The summed E-state index contributed by atoms with van der Waals surface area (Å²) < 4.78 is 0. The molecule has 2 nitrogen and oxygen atoms in total. The Balaban J connectivity index is 1.56. The maximum Gasteiger partial charge on any atom is 0.0654 e. The third-order valence-electron chi connectivity index (χ3n) is 6.00. The zero-order valence-electron chi connectivity index (χ0n) is 15.3. The van der Waals surface area contributed by atoms with Gasteiger partial charge < -0.3 is 10.2 Å². The molecular formula is C22H25Cl3N2. The summed E-state index contributed by atoms with van der Waals surface area (Å²) in [6.07, 6.45) is 6.34. The van der Waals surface area contributed by atoms with E-state index in [9.17, 15) is 0 Å². The molecule has 1 saturated heterocycles. The van der Waals surface area contributed by atoms with Gasteiger partial charge in [-0.05, 0) is 74.0 Å². The second-order valence-electron chi connectivity index (χ2n) is 7.78. The number of hydrogen-bond donors (Lipinski definition) is 1. The van der Waals surface area contributed by atoms with Crippen LogP contribution in [0.15, 0.2) is 42.5 Å². The Morgan fingerprint density at radius 2 is 1.67 bits per heavy atom. The van der Waals surface area contributed by atoms with E-state index in [2.05, 4.69) is 22.3 Å². The van der Waals surface area contributed by atoms with Crippen LogP contribution in [-0.2, 0) is 0 Å². The second kappa shape index (κ2) is 8.61. The SMILES string of the molecule is Clc1ccc(C2CC(NCC3CCC3)CCN2c2ccc(Cl)cc2Cl)cc1. The second-order valence-corrected chi connectivity index (χ2v) is 9.06. The maximum atomic E-state index is 6.54. The van der Waals surface area contributed by atoms with Crippen molar-refractivity contribution in [3.63, 3.8) is 0 Å². The highest BCUT2D eigenvalue weighted by Crippen LogP contribution is 2.39. The molecule has 0 radical (unpaired) electrons. The molecule has 0 spiro atoms. The van der Waals surface area contributed by atoms with E-state index in [0.717, 1.165) is 42.6 Å². The molecule has 2 fully saturated rings. The average Bonchev–Trinajstić information content (AvgIpc) is 2.61. The van der Waals surface area contributed by atoms with Crippen molar-refractivity contribution in [2.45, 2.75) is 44.2 Å². The van der Waals surface area contributed by atoms with Crippen LogP contribution in [-0.4, -0.2) is 19.1 Å². The number of nitrogens with zero attached hydrogens (tertiary/aromatic N) is 1. The van der Waals surface area contributed by atoms with E-state index in [-0.39, 0.29) is 6.04 Å². The molecular weight excluding hydrogens is 399 g/mol. The Kier molecular flexibility index (Phi) is 6.18. The van der Waals surface area contributed by atoms with E-state index < -0.39 is 0 Å². The van der Waals surface area contributed by atoms with Crippen molar-refractivity contribution in [1.29, 1.82) is 0 Å². The highest BCUT2D eigenvalue weighted by molar-refractivity contribution is 6.36. The number of nitrogens with one attached hydrogen (secondary N) is 1. The number of anilines is 1. The van der Waals surface area contributed by atoms with Crippen molar-refractivity contribution in [3.05, 3.63) is 63.1 Å². The monoisotopic (exact) mass is 422 g/mol. The summed E-state index contributed by atoms with van der Waals surface area (Å²) >= 11 is 18.8. The molecule has 1 aliphatic heterocycles. The predicted molar refractivity (Wildman–Crippen MR) is 116 cm³/mol. The minimum absolute atomic E-state index is 0.272. The number of halogens is 3. The molecule has 2 atom stereocenters. The Hall–Kier alpha value is -0.930. The van der Waals surface area contributed by atoms with Crippen LogP contribution in [0.25, 0.3) is 0 Å². The van der Waals surface area contributed by atoms with Crippen molar-refractivity contribution in [2.75, 3.05) is 18.0 Å². The van der Waals surface area contributed by atoms with Crippen LogP contribution >= 0.6 is 34.8 Å². The zero-order valence-corrected chi connectivity index (χ0v) is 17.6. The Bertz CT molecular complexity index is 774. The molecule has 144 valence electrons. The van der Waals surface area contributed by atoms with E-state index in [1.165, 1.54) is 24.8 Å². The van der Waals surface area contributed by atoms with E-state index in [1.54, 1.807) is 0 Å². The first-order valence-electron chi connectivity index (χ1n) is 9.80. The van der Waals surface area contributed by atoms with Gasteiger partial charge in [-0.25, -0.2) is 0 Å². The van der Waals surface area contributed by atoms with E-state index in [1.807, 2.05) is 30.3 Å². The third kappa shape index (κ3) is 4.56. The molecule has 1 N–H and O–H groups in total. The van der Waals surface area contributed by atoms with Crippen LogP contribution in [0.5, 0.6) is 0 Å². The van der Waals surface area contributed by atoms with Gasteiger partial charge in [0.05, 0.1) is 16.8 Å². The normalized spacial score (nSPS) is 23.3.